The number of carbonyl (C=O) groups is 1. The van der Waals surface area contributed by atoms with Gasteiger partial charge in [0.05, 0.1) is 5.92 Å². The lowest BCUT2D eigenvalue weighted by atomic mass is 9.81. The Morgan fingerprint density at radius 1 is 1.31 bits per heavy atom. The first-order valence-electron chi connectivity index (χ1n) is 8.97. The van der Waals surface area contributed by atoms with Crippen molar-refractivity contribution in [1.29, 1.82) is 5.41 Å². The quantitative estimate of drug-likeness (QED) is 0.719. The summed E-state index contributed by atoms with van der Waals surface area (Å²) in [5, 5.41) is 14.9. The van der Waals surface area contributed by atoms with Crippen LogP contribution in [-0.4, -0.2) is 44.2 Å². The first-order chi connectivity index (χ1) is 12.6. The van der Waals surface area contributed by atoms with Crippen molar-refractivity contribution in [3.05, 3.63) is 46.2 Å². The molecule has 1 aromatic carbocycles. The minimum absolute atomic E-state index is 0.0389. The number of thiophene rings is 1. The van der Waals surface area contributed by atoms with E-state index < -0.39 is 0 Å². The van der Waals surface area contributed by atoms with E-state index in [1.807, 2.05) is 36.7 Å². The van der Waals surface area contributed by atoms with Crippen LogP contribution in [0, 0.1) is 11.3 Å². The maximum atomic E-state index is 12.3. The van der Waals surface area contributed by atoms with Gasteiger partial charge in [-0.3, -0.25) is 4.79 Å². The summed E-state index contributed by atoms with van der Waals surface area (Å²) in [5.74, 6) is 0.694. The van der Waals surface area contributed by atoms with Crippen LogP contribution >= 0.6 is 11.3 Å². The molecule has 0 spiro atoms. The molecule has 1 fully saturated rings. The van der Waals surface area contributed by atoms with Crippen LogP contribution in [0.3, 0.4) is 0 Å². The maximum Gasteiger partial charge on any atom is 0.232 e. The van der Waals surface area contributed by atoms with Gasteiger partial charge in [0.2, 0.25) is 5.91 Å². The predicted octanol–water partition coefficient (Wildman–Crippen LogP) is 3.85. The number of rotatable bonds is 3. The third kappa shape index (κ3) is 4.14. The van der Waals surface area contributed by atoms with Crippen molar-refractivity contribution in [3.8, 4) is 0 Å². The number of hydrogen-bond donors (Lipinski definition) is 3. The van der Waals surface area contributed by atoms with Crippen molar-refractivity contribution < 1.29 is 4.79 Å². The number of benzene rings is 1. The molecule has 1 saturated heterocycles. The van der Waals surface area contributed by atoms with Crippen molar-refractivity contribution in [2.75, 3.05) is 37.8 Å². The molecule has 138 valence electrons. The number of nitrogens with zero attached hydrogens (tertiary/aromatic N) is 1. The van der Waals surface area contributed by atoms with Gasteiger partial charge in [-0.1, -0.05) is 6.07 Å². The number of amides is 1. The van der Waals surface area contributed by atoms with Crippen molar-refractivity contribution in [2.45, 2.75) is 18.8 Å². The van der Waals surface area contributed by atoms with Crippen LogP contribution in [0.5, 0.6) is 0 Å². The molecule has 0 saturated carbocycles. The molecule has 26 heavy (non-hydrogen) atoms. The molecule has 0 bridgehead atoms. The summed E-state index contributed by atoms with van der Waals surface area (Å²) in [6.45, 7) is 2.19. The average Bonchev–Trinajstić information content (AvgIpc) is 3.29. The molecule has 1 aromatic heterocycles. The Bertz CT molecular complexity index is 751. The van der Waals surface area contributed by atoms with Crippen LogP contribution < -0.4 is 10.6 Å². The Kier molecular flexibility index (Phi) is 6.06. The van der Waals surface area contributed by atoms with E-state index in [9.17, 15) is 4.79 Å². The standard InChI is InChI=1S/C15H21N3O.C5H5NS/c1-16-11-3-4-13-12(9-11)14(15(19)17-13)10-5-7-18(2)8-6-10;6-4-5-2-1-3-7-5/h3-4,9-10,14,16H,5-8H2,1-2H3,(H,17,19);1-4,6H. The Hall–Kier alpha value is -2.18. The predicted molar refractivity (Wildman–Crippen MR) is 110 cm³/mol. The zero-order valence-corrected chi connectivity index (χ0v) is 16.1. The summed E-state index contributed by atoms with van der Waals surface area (Å²) in [7, 11) is 4.06. The van der Waals surface area contributed by atoms with Gasteiger partial charge >= 0.3 is 0 Å². The normalized spacial score (nSPS) is 19.9. The van der Waals surface area contributed by atoms with Gasteiger partial charge in [-0.2, -0.15) is 0 Å². The number of nitrogens with one attached hydrogen (secondary N) is 3. The zero-order valence-electron chi connectivity index (χ0n) is 15.3. The molecular formula is C20H26N4OS. The lowest BCUT2D eigenvalue weighted by Crippen LogP contribution is -2.34. The first kappa shape index (κ1) is 18.6. The molecule has 3 heterocycles. The second-order valence-corrected chi connectivity index (χ2v) is 7.80. The van der Waals surface area contributed by atoms with Gasteiger partial charge in [0.25, 0.3) is 0 Å². The molecule has 4 rings (SSSR count). The van der Waals surface area contributed by atoms with E-state index in [1.54, 1.807) is 11.3 Å². The van der Waals surface area contributed by atoms with Crippen LogP contribution in [0.25, 0.3) is 0 Å². The summed E-state index contributed by atoms with van der Waals surface area (Å²) in [5.41, 5.74) is 3.24. The van der Waals surface area contributed by atoms with Gasteiger partial charge in [0, 0.05) is 29.5 Å². The van der Waals surface area contributed by atoms with E-state index >= 15 is 0 Å². The fourth-order valence-corrected chi connectivity index (χ4v) is 4.18. The molecule has 0 aliphatic carbocycles. The highest BCUT2D eigenvalue weighted by molar-refractivity contribution is 7.11. The Morgan fingerprint density at radius 3 is 2.65 bits per heavy atom. The lowest BCUT2D eigenvalue weighted by Gasteiger charge is -2.31. The molecule has 6 heteroatoms. The van der Waals surface area contributed by atoms with Crippen LogP contribution in [0.4, 0.5) is 11.4 Å². The molecule has 1 unspecified atom stereocenters. The van der Waals surface area contributed by atoms with Crippen molar-refractivity contribution in [2.24, 2.45) is 5.92 Å². The average molecular weight is 371 g/mol. The summed E-state index contributed by atoms with van der Waals surface area (Å²) in [6, 6.07) is 9.99. The highest BCUT2D eigenvalue weighted by Crippen LogP contribution is 2.42. The van der Waals surface area contributed by atoms with E-state index in [0.29, 0.717) is 5.92 Å². The number of hydrogen-bond acceptors (Lipinski definition) is 5. The minimum atomic E-state index is 0.0389. The van der Waals surface area contributed by atoms with Gasteiger partial charge < -0.3 is 20.9 Å². The van der Waals surface area contributed by atoms with Gasteiger partial charge in [-0.15, -0.1) is 11.3 Å². The molecular weight excluding hydrogens is 344 g/mol. The van der Waals surface area contributed by atoms with Crippen LogP contribution in [0.15, 0.2) is 35.7 Å². The monoisotopic (exact) mass is 370 g/mol. The number of piperidine rings is 1. The lowest BCUT2D eigenvalue weighted by molar-refractivity contribution is -0.118. The SMILES string of the molecule is CNc1ccc2c(c1)C(C1CCN(C)CC1)C(=O)N2.N=Cc1cccs1. The third-order valence-electron chi connectivity index (χ3n) is 5.14. The number of carbonyl (C=O) groups excluding carboxylic acids is 1. The summed E-state index contributed by atoms with van der Waals surface area (Å²) in [4.78, 5) is 15.6. The smallest absolute Gasteiger partial charge is 0.232 e. The Labute approximate surface area is 158 Å². The fourth-order valence-electron chi connectivity index (χ4n) is 3.64. The number of anilines is 2. The van der Waals surface area contributed by atoms with E-state index in [2.05, 4.69) is 28.6 Å². The van der Waals surface area contributed by atoms with Gasteiger partial charge in [0.1, 0.15) is 0 Å². The highest BCUT2D eigenvalue weighted by Gasteiger charge is 2.37. The van der Waals surface area contributed by atoms with E-state index in [-0.39, 0.29) is 11.8 Å². The van der Waals surface area contributed by atoms with E-state index in [4.69, 9.17) is 5.41 Å². The van der Waals surface area contributed by atoms with Crippen LogP contribution in [0.1, 0.15) is 29.2 Å². The highest BCUT2D eigenvalue weighted by atomic mass is 32.1. The molecule has 2 aliphatic heterocycles. The molecule has 1 atom stereocenters. The largest absolute Gasteiger partial charge is 0.388 e. The second kappa shape index (κ2) is 8.47. The molecule has 1 amide bonds. The molecule has 5 nitrogen and oxygen atoms in total. The molecule has 2 aliphatic rings. The summed E-state index contributed by atoms with van der Waals surface area (Å²) >= 11 is 1.58. The van der Waals surface area contributed by atoms with Crippen LogP contribution in [-0.2, 0) is 4.79 Å². The van der Waals surface area contributed by atoms with Crippen molar-refractivity contribution in [3.63, 3.8) is 0 Å². The van der Waals surface area contributed by atoms with Crippen LogP contribution in [0.2, 0.25) is 0 Å². The summed E-state index contributed by atoms with van der Waals surface area (Å²) in [6.07, 6.45) is 3.57. The molecule has 3 N–H and O–H groups in total. The number of fused-ring (bicyclic) bond motifs is 1. The zero-order chi connectivity index (χ0) is 18.5. The Balaban J connectivity index is 0.000000236. The van der Waals surface area contributed by atoms with Gasteiger partial charge in [-0.05, 0) is 74.1 Å². The van der Waals surface area contributed by atoms with Gasteiger partial charge in [-0.25, -0.2) is 0 Å². The molecule has 0 radical (unpaired) electrons. The van der Waals surface area contributed by atoms with Gasteiger partial charge in [0.15, 0.2) is 0 Å². The van der Waals surface area contributed by atoms with Crippen molar-refractivity contribution in [1.82, 2.24) is 4.90 Å². The maximum absolute atomic E-state index is 12.3. The Morgan fingerprint density at radius 2 is 2.08 bits per heavy atom. The van der Waals surface area contributed by atoms with E-state index in [1.165, 1.54) is 11.8 Å². The fraction of sp³-hybridized carbons (Fsp3) is 0.400. The van der Waals surface area contributed by atoms with E-state index in [0.717, 1.165) is 42.2 Å². The molecule has 2 aromatic rings. The summed E-state index contributed by atoms with van der Waals surface area (Å²) < 4.78 is 0. The first-order valence-corrected chi connectivity index (χ1v) is 9.85. The third-order valence-corrected chi connectivity index (χ3v) is 5.96. The number of likely N-dealkylation sites (tertiary alicyclic amines) is 1. The second-order valence-electron chi connectivity index (χ2n) is 6.82. The minimum Gasteiger partial charge on any atom is -0.388 e. The van der Waals surface area contributed by atoms with Crippen molar-refractivity contribution >= 4 is 34.8 Å². The topological polar surface area (TPSA) is 68.2 Å².